The first-order valence-electron chi connectivity index (χ1n) is 9.19. The minimum atomic E-state index is -0.359. The number of carbonyl (C=O) groups is 1. The number of halogens is 1. The zero-order chi connectivity index (χ0) is 20.5. The number of ether oxygens (including phenoxy) is 2. The van der Waals surface area contributed by atoms with E-state index in [0.29, 0.717) is 35.3 Å². The van der Waals surface area contributed by atoms with Crippen LogP contribution in [0.3, 0.4) is 0 Å². The molecule has 3 rings (SSSR count). The Labute approximate surface area is 174 Å². The molecule has 0 saturated carbocycles. The van der Waals surface area contributed by atoms with E-state index in [0.717, 1.165) is 11.1 Å². The molecule has 0 heterocycles. The van der Waals surface area contributed by atoms with Crippen molar-refractivity contribution >= 4 is 23.7 Å². The SMILES string of the molecule is CCOc1ccccc1/C=N/NC(=O)c1ccccc1OCc1ccc(Cl)cc1. The Morgan fingerprint density at radius 1 is 0.966 bits per heavy atom. The fourth-order valence-corrected chi connectivity index (χ4v) is 2.74. The number of carbonyl (C=O) groups excluding carboxylic acids is 1. The van der Waals surface area contributed by atoms with Crippen molar-refractivity contribution in [2.75, 3.05) is 6.61 Å². The van der Waals surface area contributed by atoms with Crippen molar-refractivity contribution in [3.63, 3.8) is 0 Å². The van der Waals surface area contributed by atoms with Gasteiger partial charge in [0.2, 0.25) is 0 Å². The summed E-state index contributed by atoms with van der Waals surface area (Å²) in [5.74, 6) is 0.825. The third-order valence-corrected chi connectivity index (χ3v) is 4.28. The van der Waals surface area contributed by atoms with Crippen LogP contribution in [0.2, 0.25) is 5.02 Å². The molecule has 148 valence electrons. The number of hydrogen-bond acceptors (Lipinski definition) is 4. The fourth-order valence-electron chi connectivity index (χ4n) is 2.62. The van der Waals surface area contributed by atoms with Crippen LogP contribution in [-0.2, 0) is 6.61 Å². The highest BCUT2D eigenvalue weighted by atomic mass is 35.5. The van der Waals surface area contributed by atoms with Crippen LogP contribution in [0.4, 0.5) is 0 Å². The van der Waals surface area contributed by atoms with Gasteiger partial charge in [-0.25, -0.2) is 5.43 Å². The van der Waals surface area contributed by atoms with Gasteiger partial charge in [-0.3, -0.25) is 4.79 Å². The van der Waals surface area contributed by atoms with Crippen molar-refractivity contribution in [3.8, 4) is 11.5 Å². The summed E-state index contributed by atoms with van der Waals surface area (Å²) in [6.45, 7) is 2.79. The van der Waals surface area contributed by atoms with Crippen LogP contribution < -0.4 is 14.9 Å². The van der Waals surface area contributed by atoms with Gasteiger partial charge in [0.1, 0.15) is 18.1 Å². The number of amides is 1. The number of nitrogens with one attached hydrogen (secondary N) is 1. The van der Waals surface area contributed by atoms with Crippen LogP contribution in [-0.4, -0.2) is 18.7 Å². The molecule has 29 heavy (non-hydrogen) atoms. The van der Waals surface area contributed by atoms with E-state index in [1.165, 1.54) is 0 Å². The summed E-state index contributed by atoms with van der Waals surface area (Å²) in [5, 5.41) is 4.72. The molecule has 0 bridgehead atoms. The topological polar surface area (TPSA) is 59.9 Å². The lowest BCUT2D eigenvalue weighted by Gasteiger charge is -2.10. The number of para-hydroxylation sites is 2. The largest absolute Gasteiger partial charge is 0.493 e. The van der Waals surface area contributed by atoms with Crippen molar-refractivity contribution < 1.29 is 14.3 Å². The van der Waals surface area contributed by atoms with Crippen molar-refractivity contribution in [1.82, 2.24) is 5.43 Å². The molecule has 0 fully saturated rings. The number of nitrogens with zero attached hydrogens (tertiary/aromatic N) is 1. The number of hydrazone groups is 1. The summed E-state index contributed by atoms with van der Waals surface area (Å²) in [6, 6.07) is 21.9. The van der Waals surface area contributed by atoms with Crippen LogP contribution in [0.5, 0.6) is 11.5 Å². The van der Waals surface area contributed by atoms with Gasteiger partial charge in [-0.15, -0.1) is 0 Å². The Bertz CT molecular complexity index is 987. The number of benzene rings is 3. The maximum Gasteiger partial charge on any atom is 0.275 e. The molecule has 6 heteroatoms. The van der Waals surface area contributed by atoms with Gasteiger partial charge in [0, 0.05) is 10.6 Å². The van der Waals surface area contributed by atoms with Crippen LogP contribution >= 0.6 is 11.6 Å². The lowest BCUT2D eigenvalue weighted by molar-refractivity contribution is 0.0950. The quantitative estimate of drug-likeness (QED) is 0.417. The molecule has 0 aliphatic rings. The first kappa shape index (κ1) is 20.4. The van der Waals surface area contributed by atoms with E-state index in [4.69, 9.17) is 21.1 Å². The summed E-state index contributed by atoms with van der Waals surface area (Å²) in [4.78, 5) is 12.6. The van der Waals surface area contributed by atoms with Gasteiger partial charge >= 0.3 is 0 Å². The van der Waals surface area contributed by atoms with E-state index >= 15 is 0 Å². The maximum absolute atomic E-state index is 12.6. The molecule has 0 atom stereocenters. The second kappa shape index (κ2) is 10.3. The predicted molar refractivity (Wildman–Crippen MR) is 115 cm³/mol. The molecular weight excluding hydrogens is 388 g/mol. The molecule has 0 spiro atoms. The second-order valence-electron chi connectivity index (χ2n) is 6.08. The van der Waals surface area contributed by atoms with E-state index in [2.05, 4.69) is 10.5 Å². The Morgan fingerprint density at radius 3 is 2.41 bits per heavy atom. The fraction of sp³-hybridized carbons (Fsp3) is 0.130. The van der Waals surface area contributed by atoms with Gasteiger partial charge in [0.15, 0.2) is 0 Å². The van der Waals surface area contributed by atoms with Crippen LogP contribution in [0.15, 0.2) is 77.9 Å². The van der Waals surface area contributed by atoms with E-state index in [1.54, 1.807) is 36.5 Å². The summed E-state index contributed by atoms with van der Waals surface area (Å²) in [6.07, 6.45) is 1.56. The zero-order valence-corrected chi connectivity index (χ0v) is 16.7. The summed E-state index contributed by atoms with van der Waals surface area (Å²) in [5.41, 5.74) is 4.67. The number of hydrogen-bond donors (Lipinski definition) is 1. The Kier molecular flexibility index (Phi) is 7.25. The van der Waals surface area contributed by atoms with E-state index in [9.17, 15) is 4.79 Å². The Hall–Kier alpha value is -3.31. The third-order valence-electron chi connectivity index (χ3n) is 4.03. The summed E-state index contributed by atoms with van der Waals surface area (Å²) >= 11 is 5.90. The van der Waals surface area contributed by atoms with Crippen LogP contribution in [0.1, 0.15) is 28.4 Å². The summed E-state index contributed by atoms with van der Waals surface area (Å²) in [7, 11) is 0. The van der Waals surface area contributed by atoms with Crippen LogP contribution in [0, 0.1) is 0 Å². The Morgan fingerprint density at radius 2 is 1.66 bits per heavy atom. The standard InChI is InChI=1S/C23H21ClN2O3/c1-2-28-21-9-5-3-7-18(21)15-25-26-23(27)20-8-4-6-10-22(20)29-16-17-11-13-19(24)14-12-17/h3-15H,2,16H2,1H3,(H,26,27)/b25-15+. The molecule has 1 amide bonds. The first-order chi connectivity index (χ1) is 14.2. The summed E-state index contributed by atoms with van der Waals surface area (Å²) < 4.78 is 11.4. The second-order valence-corrected chi connectivity index (χ2v) is 6.52. The van der Waals surface area contributed by atoms with E-state index in [1.807, 2.05) is 49.4 Å². The normalized spacial score (nSPS) is 10.7. The van der Waals surface area contributed by atoms with Gasteiger partial charge in [-0.2, -0.15) is 5.10 Å². The minimum Gasteiger partial charge on any atom is -0.493 e. The predicted octanol–water partition coefficient (Wildman–Crippen LogP) is 5.08. The van der Waals surface area contributed by atoms with Gasteiger partial charge in [0.05, 0.1) is 18.4 Å². The molecule has 3 aromatic carbocycles. The average molecular weight is 409 g/mol. The maximum atomic E-state index is 12.6. The zero-order valence-electron chi connectivity index (χ0n) is 16.0. The van der Waals surface area contributed by atoms with Gasteiger partial charge in [-0.1, -0.05) is 48.0 Å². The van der Waals surface area contributed by atoms with Crippen LogP contribution in [0.25, 0.3) is 0 Å². The molecule has 3 aromatic rings. The van der Waals surface area contributed by atoms with Gasteiger partial charge in [0.25, 0.3) is 5.91 Å². The van der Waals surface area contributed by atoms with E-state index < -0.39 is 0 Å². The molecule has 0 aromatic heterocycles. The van der Waals surface area contributed by atoms with Crippen molar-refractivity contribution in [3.05, 3.63) is 94.5 Å². The lowest BCUT2D eigenvalue weighted by Crippen LogP contribution is -2.18. The molecule has 5 nitrogen and oxygen atoms in total. The monoisotopic (exact) mass is 408 g/mol. The molecule has 0 unspecified atom stereocenters. The molecule has 0 aliphatic carbocycles. The van der Waals surface area contributed by atoms with Crippen molar-refractivity contribution in [2.24, 2.45) is 5.10 Å². The smallest absolute Gasteiger partial charge is 0.275 e. The highest BCUT2D eigenvalue weighted by Gasteiger charge is 2.11. The average Bonchev–Trinajstić information content (AvgIpc) is 2.75. The highest BCUT2D eigenvalue weighted by molar-refractivity contribution is 6.30. The Balaban J connectivity index is 1.66. The third kappa shape index (κ3) is 5.83. The lowest BCUT2D eigenvalue weighted by atomic mass is 10.2. The molecule has 0 radical (unpaired) electrons. The number of rotatable bonds is 8. The molecular formula is C23H21ClN2O3. The van der Waals surface area contributed by atoms with E-state index in [-0.39, 0.29) is 5.91 Å². The van der Waals surface area contributed by atoms with Gasteiger partial charge < -0.3 is 9.47 Å². The molecule has 0 aliphatic heterocycles. The minimum absolute atomic E-state index is 0.326. The van der Waals surface area contributed by atoms with Crippen molar-refractivity contribution in [1.29, 1.82) is 0 Å². The van der Waals surface area contributed by atoms with Gasteiger partial charge in [-0.05, 0) is 48.9 Å². The van der Waals surface area contributed by atoms with Crippen molar-refractivity contribution in [2.45, 2.75) is 13.5 Å². The molecule has 1 N–H and O–H groups in total. The highest BCUT2D eigenvalue weighted by Crippen LogP contribution is 2.20. The molecule has 0 saturated heterocycles. The first-order valence-corrected chi connectivity index (χ1v) is 9.56.